The Hall–Kier alpha value is -2.83. The second kappa shape index (κ2) is 6.96. The van der Waals surface area contributed by atoms with Crippen molar-refractivity contribution in [3.63, 3.8) is 0 Å². The molecule has 7 heteroatoms. The maximum Gasteiger partial charge on any atom is 0.272 e. The maximum atomic E-state index is 12.7. The van der Waals surface area contributed by atoms with E-state index in [4.69, 9.17) is 9.47 Å². The van der Waals surface area contributed by atoms with E-state index in [1.165, 1.54) is 13.2 Å². The van der Waals surface area contributed by atoms with Crippen molar-refractivity contribution in [3.05, 3.63) is 53.1 Å². The van der Waals surface area contributed by atoms with E-state index in [0.29, 0.717) is 30.0 Å². The van der Waals surface area contributed by atoms with E-state index in [9.17, 15) is 18.7 Å². The molecule has 0 aliphatic carbocycles. The molecule has 0 saturated carbocycles. The average Bonchev–Trinajstić information content (AvgIpc) is 2.90. The standard InChI is InChI=1S/C18H17F2NO4/c1-24-15-7-14(25-10-16(19)20)6-12-9-21(18(23)17(12)15)8-11-2-4-13(22)5-3-11/h2-7,16,22H,8-10H2,1H3. The lowest BCUT2D eigenvalue weighted by Crippen LogP contribution is -2.23. The van der Waals surface area contributed by atoms with Crippen molar-refractivity contribution in [1.82, 2.24) is 4.90 Å². The highest BCUT2D eigenvalue weighted by Gasteiger charge is 2.31. The van der Waals surface area contributed by atoms with Crippen LogP contribution in [0.3, 0.4) is 0 Å². The number of rotatable bonds is 6. The first kappa shape index (κ1) is 17.0. The van der Waals surface area contributed by atoms with Crippen molar-refractivity contribution in [1.29, 1.82) is 0 Å². The van der Waals surface area contributed by atoms with Crippen LogP contribution >= 0.6 is 0 Å². The van der Waals surface area contributed by atoms with E-state index >= 15 is 0 Å². The molecule has 132 valence electrons. The van der Waals surface area contributed by atoms with Gasteiger partial charge >= 0.3 is 0 Å². The Kier molecular flexibility index (Phi) is 4.74. The number of carbonyl (C=O) groups is 1. The van der Waals surface area contributed by atoms with Gasteiger partial charge in [0.2, 0.25) is 0 Å². The Labute approximate surface area is 143 Å². The van der Waals surface area contributed by atoms with E-state index in [1.54, 1.807) is 35.2 Å². The minimum atomic E-state index is -2.58. The SMILES string of the molecule is COc1cc(OCC(F)F)cc2c1C(=O)N(Cc1ccc(O)cc1)C2. The summed E-state index contributed by atoms with van der Waals surface area (Å²) >= 11 is 0. The van der Waals surface area contributed by atoms with Gasteiger partial charge in [0.05, 0.1) is 12.7 Å². The van der Waals surface area contributed by atoms with Crippen molar-refractivity contribution >= 4 is 5.91 Å². The van der Waals surface area contributed by atoms with Crippen LogP contribution in [0, 0.1) is 0 Å². The van der Waals surface area contributed by atoms with Crippen LogP contribution in [0.15, 0.2) is 36.4 Å². The predicted molar refractivity (Wildman–Crippen MR) is 86.2 cm³/mol. The van der Waals surface area contributed by atoms with E-state index in [0.717, 1.165) is 5.56 Å². The monoisotopic (exact) mass is 349 g/mol. The Morgan fingerprint density at radius 1 is 1.24 bits per heavy atom. The Morgan fingerprint density at radius 3 is 2.60 bits per heavy atom. The second-order valence-electron chi connectivity index (χ2n) is 5.69. The van der Waals surface area contributed by atoms with Gasteiger partial charge in [0.15, 0.2) is 0 Å². The summed E-state index contributed by atoms with van der Waals surface area (Å²) in [5.74, 6) is 0.512. The number of carbonyl (C=O) groups excluding carboxylic acids is 1. The summed E-state index contributed by atoms with van der Waals surface area (Å²) in [6.07, 6.45) is -2.58. The number of nitrogens with zero attached hydrogens (tertiary/aromatic N) is 1. The molecule has 0 atom stereocenters. The average molecular weight is 349 g/mol. The van der Waals surface area contributed by atoms with E-state index in [1.807, 2.05) is 0 Å². The largest absolute Gasteiger partial charge is 0.508 e. The minimum Gasteiger partial charge on any atom is -0.508 e. The number of alkyl halides is 2. The first-order valence-corrected chi connectivity index (χ1v) is 7.67. The number of amides is 1. The summed E-state index contributed by atoms with van der Waals surface area (Å²) in [5.41, 5.74) is 1.96. The molecule has 0 spiro atoms. The van der Waals surface area contributed by atoms with Crippen LogP contribution in [-0.4, -0.2) is 36.1 Å². The Morgan fingerprint density at radius 2 is 1.96 bits per heavy atom. The Bertz CT molecular complexity index is 777. The molecule has 1 heterocycles. The van der Waals surface area contributed by atoms with Crippen LogP contribution in [0.5, 0.6) is 17.2 Å². The molecular formula is C18H17F2NO4. The first-order valence-electron chi connectivity index (χ1n) is 7.67. The molecule has 25 heavy (non-hydrogen) atoms. The van der Waals surface area contributed by atoms with Gasteiger partial charge in [-0.2, -0.15) is 0 Å². The molecule has 1 aliphatic heterocycles. The smallest absolute Gasteiger partial charge is 0.272 e. The molecular weight excluding hydrogens is 332 g/mol. The fourth-order valence-corrected chi connectivity index (χ4v) is 2.80. The summed E-state index contributed by atoms with van der Waals surface area (Å²) in [7, 11) is 1.42. The van der Waals surface area contributed by atoms with E-state index in [-0.39, 0.29) is 17.4 Å². The van der Waals surface area contributed by atoms with Gasteiger partial charge in [-0.15, -0.1) is 0 Å². The van der Waals surface area contributed by atoms with Crippen LogP contribution in [0.25, 0.3) is 0 Å². The highest BCUT2D eigenvalue weighted by atomic mass is 19.3. The second-order valence-corrected chi connectivity index (χ2v) is 5.69. The lowest BCUT2D eigenvalue weighted by molar-refractivity contribution is 0.0764. The summed E-state index contributed by atoms with van der Waals surface area (Å²) in [6.45, 7) is -0.0193. The summed E-state index contributed by atoms with van der Waals surface area (Å²) < 4.78 is 35.0. The number of halogens is 2. The number of hydrogen-bond acceptors (Lipinski definition) is 4. The van der Waals surface area contributed by atoms with Crippen LogP contribution < -0.4 is 9.47 Å². The Balaban J connectivity index is 1.82. The summed E-state index contributed by atoms with van der Waals surface area (Å²) in [5, 5.41) is 9.34. The number of aromatic hydroxyl groups is 1. The number of phenols is 1. The predicted octanol–water partition coefficient (Wildman–Crippen LogP) is 3.20. The zero-order valence-electron chi connectivity index (χ0n) is 13.5. The molecule has 3 rings (SSSR count). The number of benzene rings is 2. The summed E-state index contributed by atoms with van der Waals surface area (Å²) in [6, 6.07) is 9.62. The highest BCUT2D eigenvalue weighted by Crippen LogP contribution is 2.36. The minimum absolute atomic E-state index is 0.155. The van der Waals surface area contributed by atoms with Gasteiger partial charge in [-0.3, -0.25) is 4.79 Å². The zero-order chi connectivity index (χ0) is 18.0. The molecule has 0 aromatic heterocycles. The maximum absolute atomic E-state index is 12.7. The third kappa shape index (κ3) is 3.65. The number of methoxy groups -OCH3 is 1. The number of hydrogen-bond donors (Lipinski definition) is 1. The third-order valence-corrected chi connectivity index (χ3v) is 3.93. The van der Waals surface area contributed by atoms with Gasteiger partial charge < -0.3 is 19.5 Å². The quantitative estimate of drug-likeness (QED) is 0.870. The fraction of sp³-hybridized carbons (Fsp3) is 0.278. The van der Waals surface area contributed by atoms with E-state index in [2.05, 4.69) is 0 Å². The molecule has 0 bridgehead atoms. The topological polar surface area (TPSA) is 59.0 Å². The van der Waals surface area contributed by atoms with Crippen LogP contribution in [-0.2, 0) is 13.1 Å². The van der Waals surface area contributed by atoms with Crippen molar-refractivity contribution < 1.29 is 28.2 Å². The number of fused-ring (bicyclic) bond motifs is 1. The van der Waals surface area contributed by atoms with Gasteiger partial charge in [0, 0.05) is 19.2 Å². The van der Waals surface area contributed by atoms with E-state index < -0.39 is 13.0 Å². The molecule has 1 N–H and O–H groups in total. The summed E-state index contributed by atoms with van der Waals surface area (Å²) in [4.78, 5) is 14.3. The van der Waals surface area contributed by atoms with Crippen LogP contribution in [0.1, 0.15) is 21.5 Å². The lowest BCUT2D eigenvalue weighted by Gasteiger charge is -2.15. The molecule has 0 radical (unpaired) electrons. The molecule has 2 aromatic carbocycles. The van der Waals surface area contributed by atoms with Crippen LogP contribution in [0.2, 0.25) is 0 Å². The molecule has 0 saturated heterocycles. The molecule has 5 nitrogen and oxygen atoms in total. The third-order valence-electron chi connectivity index (χ3n) is 3.93. The van der Waals surface area contributed by atoms with Gasteiger partial charge in [0.25, 0.3) is 12.3 Å². The molecule has 2 aromatic rings. The lowest BCUT2D eigenvalue weighted by atomic mass is 10.1. The van der Waals surface area contributed by atoms with Gasteiger partial charge in [-0.25, -0.2) is 8.78 Å². The number of ether oxygens (including phenoxy) is 2. The van der Waals surface area contributed by atoms with Crippen molar-refractivity contribution in [2.75, 3.05) is 13.7 Å². The molecule has 0 fully saturated rings. The molecule has 1 amide bonds. The van der Waals surface area contributed by atoms with Gasteiger partial charge in [0.1, 0.15) is 23.9 Å². The van der Waals surface area contributed by atoms with Crippen molar-refractivity contribution in [2.45, 2.75) is 19.5 Å². The fourth-order valence-electron chi connectivity index (χ4n) is 2.80. The highest BCUT2D eigenvalue weighted by molar-refractivity contribution is 6.01. The van der Waals surface area contributed by atoms with Crippen molar-refractivity contribution in [3.8, 4) is 17.2 Å². The molecule has 0 unspecified atom stereocenters. The van der Waals surface area contributed by atoms with Gasteiger partial charge in [-0.05, 0) is 29.3 Å². The zero-order valence-corrected chi connectivity index (χ0v) is 13.5. The van der Waals surface area contributed by atoms with Crippen LogP contribution in [0.4, 0.5) is 8.78 Å². The number of phenolic OH excluding ortho intramolecular Hbond substituents is 1. The molecule has 1 aliphatic rings. The first-order chi connectivity index (χ1) is 12.0. The van der Waals surface area contributed by atoms with Gasteiger partial charge in [-0.1, -0.05) is 12.1 Å². The normalized spacial score (nSPS) is 13.3. The van der Waals surface area contributed by atoms with Crippen molar-refractivity contribution in [2.24, 2.45) is 0 Å².